The molecule has 0 atom stereocenters. The third kappa shape index (κ3) is 7.27. The van der Waals surface area contributed by atoms with Gasteiger partial charge in [-0.1, -0.05) is 20.8 Å². The highest BCUT2D eigenvalue weighted by atomic mass is 32.1. The van der Waals surface area contributed by atoms with Gasteiger partial charge < -0.3 is 14.8 Å². The van der Waals surface area contributed by atoms with Crippen LogP contribution in [0.5, 0.6) is 11.5 Å². The van der Waals surface area contributed by atoms with E-state index in [1.54, 1.807) is 24.3 Å². The Kier molecular flexibility index (Phi) is 8.07. The molecule has 0 aliphatic heterocycles. The molecule has 144 valence electrons. The molecule has 0 spiro atoms. The van der Waals surface area contributed by atoms with Crippen molar-refractivity contribution in [2.45, 2.75) is 27.2 Å². The number of benzene rings is 2. The number of ether oxygens (including phenoxy) is 2. The molecule has 0 bridgehead atoms. The van der Waals surface area contributed by atoms with Crippen molar-refractivity contribution in [1.82, 2.24) is 5.32 Å². The fourth-order valence-corrected chi connectivity index (χ4v) is 2.37. The van der Waals surface area contributed by atoms with Crippen LogP contribution in [0.2, 0.25) is 0 Å². The predicted molar refractivity (Wildman–Crippen MR) is 113 cm³/mol. The van der Waals surface area contributed by atoms with Gasteiger partial charge in [-0.25, -0.2) is 0 Å². The number of anilines is 1. The highest BCUT2D eigenvalue weighted by Gasteiger charge is 2.08. The monoisotopic (exact) mass is 386 g/mol. The van der Waals surface area contributed by atoms with E-state index in [0.29, 0.717) is 24.7 Å². The summed E-state index contributed by atoms with van der Waals surface area (Å²) in [7, 11) is 0. The van der Waals surface area contributed by atoms with Gasteiger partial charge in [-0.3, -0.25) is 10.1 Å². The number of hydrogen-bond donors (Lipinski definition) is 2. The average molecular weight is 387 g/mol. The summed E-state index contributed by atoms with van der Waals surface area (Å²) in [4.78, 5) is 12.3. The third-order valence-corrected chi connectivity index (χ3v) is 3.72. The minimum absolute atomic E-state index is 0.238. The lowest BCUT2D eigenvalue weighted by Crippen LogP contribution is -2.34. The van der Waals surface area contributed by atoms with Crippen LogP contribution in [-0.4, -0.2) is 24.2 Å². The summed E-state index contributed by atoms with van der Waals surface area (Å²) < 4.78 is 11.2. The second-order valence-electron chi connectivity index (χ2n) is 6.51. The van der Waals surface area contributed by atoms with E-state index in [1.165, 1.54) is 0 Å². The van der Waals surface area contributed by atoms with Crippen molar-refractivity contribution in [2.24, 2.45) is 5.92 Å². The molecule has 6 heteroatoms. The maximum absolute atomic E-state index is 12.3. The van der Waals surface area contributed by atoms with Crippen molar-refractivity contribution in [3.63, 3.8) is 0 Å². The van der Waals surface area contributed by atoms with Crippen molar-refractivity contribution < 1.29 is 14.3 Å². The van der Waals surface area contributed by atoms with Crippen LogP contribution >= 0.6 is 12.2 Å². The van der Waals surface area contributed by atoms with E-state index in [2.05, 4.69) is 31.4 Å². The van der Waals surface area contributed by atoms with Crippen LogP contribution in [0.1, 0.15) is 37.6 Å². The first kappa shape index (κ1) is 20.7. The van der Waals surface area contributed by atoms with Crippen LogP contribution in [0.4, 0.5) is 5.69 Å². The van der Waals surface area contributed by atoms with E-state index in [9.17, 15) is 4.79 Å². The topological polar surface area (TPSA) is 59.6 Å². The van der Waals surface area contributed by atoms with E-state index < -0.39 is 0 Å². The van der Waals surface area contributed by atoms with Crippen molar-refractivity contribution in [1.29, 1.82) is 0 Å². The molecule has 2 aromatic rings. The molecule has 2 rings (SSSR count). The van der Waals surface area contributed by atoms with E-state index in [-0.39, 0.29) is 11.0 Å². The largest absolute Gasteiger partial charge is 0.494 e. The SMILES string of the molecule is CCCOc1ccc(NC(=S)NC(=O)c2ccc(OCC(C)C)cc2)cc1. The third-order valence-electron chi connectivity index (χ3n) is 3.51. The zero-order chi connectivity index (χ0) is 19.6. The van der Waals surface area contributed by atoms with Crippen LogP contribution < -0.4 is 20.1 Å². The van der Waals surface area contributed by atoms with Gasteiger partial charge in [-0.2, -0.15) is 0 Å². The Labute approximate surface area is 166 Å². The van der Waals surface area contributed by atoms with Crippen molar-refractivity contribution in [3.05, 3.63) is 54.1 Å². The van der Waals surface area contributed by atoms with E-state index in [1.807, 2.05) is 24.3 Å². The van der Waals surface area contributed by atoms with Crippen LogP contribution in [-0.2, 0) is 0 Å². The summed E-state index contributed by atoms with van der Waals surface area (Å²) in [5, 5.41) is 5.90. The summed E-state index contributed by atoms with van der Waals surface area (Å²) in [6.45, 7) is 7.55. The summed E-state index contributed by atoms with van der Waals surface area (Å²) in [5.74, 6) is 1.72. The molecular formula is C21H26N2O3S. The molecule has 0 aliphatic carbocycles. The van der Waals surface area contributed by atoms with Gasteiger partial charge in [-0.15, -0.1) is 0 Å². The normalized spacial score (nSPS) is 10.4. The lowest BCUT2D eigenvalue weighted by molar-refractivity contribution is 0.0977. The van der Waals surface area contributed by atoms with Gasteiger partial charge in [-0.05, 0) is 73.1 Å². The summed E-state index contributed by atoms with van der Waals surface area (Å²) in [5.41, 5.74) is 1.29. The molecule has 27 heavy (non-hydrogen) atoms. The van der Waals surface area contributed by atoms with Gasteiger partial charge in [0.2, 0.25) is 0 Å². The van der Waals surface area contributed by atoms with Crippen LogP contribution in [0.15, 0.2) is 48.5 Å². The standard InChI is InChI=1S/C21H26N2O3S/c1-4-13-25-18-11-7-17(8-12-18)22-21(27)23-20(24)16-5-9-19(10-6-16)26-14-15(2)3/h5-12,15H,4,13-14H2,1-3H3,(H2,22,23,24,27). The molecular weight excluding hydrogens is 360 g/mol. The maximum atomic E-state index is 12.3. The van der Waals surface area contributed by atoms with E-state index >= 15 is 0 Å². The fraction of sp³-hybridized carbons (Fsp3) is 0.333. The molecule has 0 fully saturated rings. The highest BCUT2D eigenvalue weighted by Crippen LogP contribution is 2.16. The van der Waals surface area contributed by atoms with Crippen molar-refractivity contribution >= 4 is 28.9 Å². The summed E-state index contributed by atoms with van der Waals surface area (Å²) in [6, 6.07) is 14.4. The number of carbonyl (C=O) groups excluding carboxylic acids is 1. The Morgan fingerprint density at radius 1 is 1.00 bits per heavy atom. The lowest BCUT2D eigenvalue weighted by atomic mass is 10.2. The van der Waals surface area contributed by atoms with Crippen LogP contribution in [0, 0.1) is 5.92 Å². The van der Waals surface area contributed by atoms with Gasteiger partial charge in [0.05, 0.1) is 13.2 Å². The Balaban J connectivity index is 1.85. The van der Waals surface area contributed by atoms with Gasteiger partial charge >= 0.3 is 0 Å². The number of nitrogens with one attached hydrogen (secondary N) is 2. The van der Waals surface area contributed by atoms with Gasteiger partial charge in [0, 0.05) is 11.3 Å². The lowest BCUT2D eigenvalue weighted by Gasteiger charge is -2.11. The average Bonchev–Trinajstić information content (AvgIpc) is 2.66. The zero-order valence-electron chi connectivity index (χ0n) is 16.0. The Hall–Kier alpha value is -2.60. The number of carbonyl (C=O) groups is 1. The molecule has 1 amide bonds. The first-order valence-electron chi connectivity index (χ1n) is 9.06. The summed E-state index contributed by atoms with van der Waals surface area (Å²) in [6.07, 6.45) is 0.959. The van der Waals surface area contributed by atoms with Crippen molar-refractivity contribution in [2.75, 3.05) is 18.5 Å². The quantitative estimate of drug-likeness (QED) is 0.648. The molecule has 0 heterocycles. The Morgan fingerprint density at radius 2 is 1.59 bits per heavy atom. The van der Waals surface area contributed by atoms with E-state index in [4.69, 9.17) is 21.7 Å². The van der Waals surface area contributed by atoms with Crippen LogP contribution in [0.3, 0.4) is 0 Å². The van der Waals surface area contributed by atoms with Crippen molar-refractivity contribution in [3.8, 4) is 11.5 Å². The Bertz CT molecular complexity index is 743. The molecule has 0 aliphatic rings. The molecule has 0 saturated carbocycles. The molecule has 0 radical (unpaired) electrons. The number of thiocarbonyl (C=S) groups is 1. The molecule has 5 nitrogen and oxygen atoms in total. The predicted octanol–water partition coefficient (Wildman–Crippen LogP) is 4.64. The highest BCUT2D eigenvalue weighted by molar-refractivity contribution is 7.80. The summed E-state index contributed by atoms with van der Waals surface area (Å²) >= 11 is 5.21. The maximum Gasteiger partial charge on any atom is 0.257 e. The van der Waals surface area contributed by atoms with Gasteiger partial charge in [0.15, 0.2) is 5.11 Å². The molecule has 0 aromatic heterocycles. The van der Waals surface area contributed by atoms with E-state index in [0.717, 1.165) is 23.6 Å². The van der Waals surface area contributed by atoms with Gasteiger partial charge in [0.1, 0.15) is 11.5 Å². The minimum Gasteiger partial charge on any atom is -0.494 e. The molecule has 0 saturated heterocycles. The zero-order valence-corrected chi connectivity index (χ0v) is 16.8. The first-order chi connectivity index (χ1) is 13.0. The molecule has 0 unspecified atom stereocenters. The smallest absolute Gasteiger partial charge is 0.257 e. The van der Waals surface area contributed by atoms with Gasteiger partial charge in [0.25, 0.3) is 5.91 Å². The van der Waals surface area contributed by atoms with Crippen LogP contribution in [0.25, 0.3) is 0 Å². The Morgan fingerprint density at radius 3 is 2.19 bits per heavy atom. The molecule has 2 N–H and O–H groups in total. The number of rotatable bonds is 8. The second-order valence-corrected chi connectivity index (χ2v) is 6.92. The second kappa shape index (κ2) is 10.5. The first-order valence-corrected chi connectivity index (χ1v) is 9.46. The fourth-order valence-electron chi connectivity index (χ4n) is 2.16. The molecule has 2 aromatic carbocycles. The minimum atomic E-state index is -0.272. The number of amides is 1. The number of hydrogen-bond acceptors (Lipinski definition) is 4.